The summed E-state index contributed by atoms with van der Waals surface area (Å²) in [6.07, 6.45) is 3.27. The molecule has 1 spiro atoms. The van der Waals surface area contributed by atoms with Gasteiger partial charge in [-0.1, -0.05) is 38.1 Å². The summed E-state index contributed by atoms with van der Waals surface area (Å²) in [6, 6.07) is 9.16. The fourth-order valence-electron chi connectivity index (χ4n) is 3.82. The molecule has 1 saturated carbocycles. The summed E-state index contributed by atoms with van der Waals surface area (Å²) in [6.45, 7) is 6.02. The largest absolute Gasteiger partial charge is 0.481 e. The van der Waals surface area contributed by atoms with E-state index in [-0.39, 0.29) is 11.5 Å². The topological polar surface area (TPSA) is 58.6 Å². The van der Waals surface area contributed by atoms with Gasteiger partial charge in [-0.15, -0.1) is 0 Å². The van der Waals surface area contributed by atoms with Crippen molar-refractivity contribution >= 4 is 5.97 Å². The van der Waals surface area contributed by atoms with Crippen LogP contribution in [0.5, 0.6) is 0 Å². The molecule has 23 heavy (non-hydrogen) atoms. The quantitative estimate of drug-likeness (QED) is 0.875. The number of aliphatic carboxylic acids is 1. The van der Waals surface area contributed by atoms with Gasteiger partial charge in [0.25, 0.3) is 0 Å². The lowest BCUT2D eigenvalue weighted by molar-refractivity contribution is -0.181. The summed E-state index contributed by atoms with van der Waals surface area (Å²) >= 11 is 0. The highest BCUT2D eigenvalue weighted by molar-refractivity contribution is 5.71. The Hall–Kier alpha value is -1.39. The first-order valence-electron chi connectivity index (χ1n) is 8.66. The lowest BCUT2D eigenvalue weighted by Crippen LogP contribution is -2.55. The van der Waals surface area contributed by atoms with E-state index in [0.29, 0.717) is 24.8 Å². The van der Waals surface area contributed by atoms with Crippen LogP contribution in [-0.4, -0.2) is 29.3 Å². The zero-order chi connectivity index (χ0) is 16.4. The monoisotopic (exact) mass is 317 g/mol. The van der Waals surface area contributed by atoms with Gasteiger partial charge in [0.15, 0.2) is 0 Å². The number of hydrogen-bond donors (Lipinski definition) is 2. The molecule has 1 heterocycles. The third-order valence-electron chi connectivity index (χ3n) is 5.29. The van der Waals surface area contributed by atoms with Crippen LogP contribution < -0.4 is 5.32 Å². The Morgan fingerprint density at radius 3 is 2.87 bits per heavy atom. The summed E-state index contributed by atoms with van der Waals surface area (Å²) in [5.41, 5.74) is 2.50. The van der Waals surface area contributed by atoms with Gasteiger partial charge < -0.3 is 15.2 Å². The number of ether oxygens (including phenoxy) is 1. The molecule has 2 N–H and O–H groups in total. The molecule has 1 aromatic carbocycles. The van der Waals surface area contributed by atoms with Crippen LogP contribution in [-0.2, 0) is 16.1 Å². The van der Waals surface area contributed by atoms with E-state index in [1.54, 1.807) is 0 Å². The number of hydrogen-bond acceptors (Lipinski definition) is 3. The van der Waals surface area contributed by atoms with E-state index in [0.717, 1.165) is 26.0 Å². The maximum atomic E-state index is 11.0. The standard InChI is InChI=1S/C19H27NO3/c1-13(2)15-5-3-4-14(8-15)12-20-17-6-7-23-19(11-17)9-16(10-19)18(21)22/h3-5,8,13,16-17,20H,6-7,9-12H2,1-2H3,(H,21,22). The van der Waals surface area contributed by atoms with Crippen LogP contribution in [0, 0.1) is 5.92 Å². The second-order valence-corrected chi connectivity index (χ2v) is 7.45. The van der Waals surface area contributed by atoms with Crippen LogP contribution in [0.3, 0.4) is 0 Å². The number of benzene rings is 1. The molecule has 0 bridgehead atoms. The van der Waals surface area contributed by atoms with Crippen molar-refractivity contribution in [2.45, 2.75) is 63.6 Å². The maximum absolute atomic E-state index is 11.0. The predicted octanol–water partition coefficient (Wildman–Crippen LogP) is 3.31. The zero-order valence-corrected chi connectivity index (χ0v) is 14.0. The van der Waals surface area contributed by atoms with Crippen molar-refractivity contribution in [3.63, 3.8) is 0 Å². The van der Waals surface area contributed by atoms with Crippen molar-refractivity contribution < 1.29 is 14.6 Å². The molecule has 0 aromatic heterocycles. The average molecular weight is 317 g/mol. The summed E-state index contributed by atoms with van der Waals surface area (Å²) in [5, 5.41) is 12.7. The molecular weight excluding hydrogens is 290 g/mol. The molecule has 3 rings (SSSR count). The molecule has 4 heteroatoms. The Morgan fingerprint density at radius 1 is 1.39 bits per heavy atom. The minimum absolute atomic E-state index is 0.182. The summed E-state index contributed by atoms with van der Waals surface area (Å²) in [5.74, 6) is -0.347. The highest BCUT2D eigenvalue weighted by atomic mass is 16.5. The third-order valence-corrected chi connectivity index (χ3v) is 5.29. The fourth-order valence-corrected chi connectivity index (χ4v) is 3.82. The predicted molar refractivity (Wildman–Crippen MR) is 89.4 cm³/mol. The van der Waals surface area contributed by atoms with Gasteiger partial charge in [-0.2, -0.15) is 0 Å². The molecule has 126 valence electrons. The molecule has 1 aliphatic carbocycles. The average Bonchev–Trinajstić information content (AvgIpc) is 2.51. The van der Waals surface area contributed by atoms with Crippen molar-refractivity contribution in [2.75, 3.05) is 6.61 Å². The van der Waals surface area contributed by atoms with E-state index in [4.69, 9.17) is 9.84 Å². The molecule has 1 aromatic rings. The smallest absolute Gasteiger partial charge is 0.306 e. The minimum Gasteiger partial charge on any atom is -0.481 e. The second-order valence-electron chi connectivity index (χ2n) is 7.45. The Balaban J connectivity index is 1.53. The first-order valence-corrected chi connectivity index (χ1v) is 8.66. The van der Waals surface area contributed by atoms with Gasteiger partial charge >= 0.3 is 5.97 Å². The summed E-state index contributed by atoms with van der Waals surface area (Å²) in [7, 11) is 0. The Morgan fingerprint density at radius 2 is 2.17 bits per heavy atom. The van der Waals surface area contributed by atoms with E-state index in [9.17, 15) is 4.79 Å². The van der Waals surface area contributed by atoms with E-state index < -0.39 is 5.97 Å². The number of carboxylic acids is 1. The highest BCUT2D eigenvalue weighted by Crippen LogP contribution is 2.46. The van der Waals surface area contributed by atoms with E-state index >= 15 is 0 Å². The lowest BCUT2D eigenvalue weighted by atomic mass is 9.66. The van der Waals surface area contributed by atoms with Gasteiger partial charge in [0.05, 0.1) is 11.5 Å². The van der Waals surface area contributed by atoms with E-state index in [1.165, 1.54) is 11.1 Å². The number of rotatable bonds is 5. The second kappa shape index (κ2) is 6.62. The first kappa shape index (κ1) is 16.5. The molecule has 1 unspecified atom stereocenters. The van der Waals surface area contributed by atoms with Crippen molar-refractivity contribution in [3.05, 3.63) is 35.4 Å². The Labute approximate surface area is 138 Å². The van der Waals surface area contributed by atoms with Gasteiger partial charge in [-0.05, 0) is 42.7 Å². The van der Waals surface area contributed by atoms with Gasteiger partial charge in [0.1, 0.15) is 0 Å². The third kappa shape index (κ3) is 3.75. The molecule has 0 amide bonds. The Kier molecular flexibility index (Phi) is 4.74. The van der Waals surface area contributed by atoms with Crippen LogP contribution in [0.4, 0.5) is 0 Å². The molecule has 1 saturated heterocycles. The molecule has 2 fully saturated rings. The van der Waals surface area contributed by atoms with Crippen LogP contribution >= 0.6 is 0 Å². The normalized spacial score (nSPS) is 30.4. The lowest BCUT2D eigenvalue weighted by Gasteiger charge is -2.50. The molecule has 0 radical (unpaired) electrons. The van der Waals surface area contributed by atoms with E-state index in [2.05, 4.69) is 43.4 Å². The SMILES string of the molecule is CC(C)c1cccc(CNC2CCOC3(C2)CC(C(=O)O)C3)c1. The highest BCUT2D eigenvalue weighted by Gasteiger charge is 2.50. The first-order chi connectivity index (χ1) is 11.0. The molecule has 2 aliphatic rings. The Bertz CT molecular complexity index is 563. The van der Waals surface area contributed by atoms with Crippen molar-refractivity contribution in [2.24, 2.45) is 5.92 Å². The van der Waals surface area contributed by atoms with Crippen LogP contribution in [0.1, 0.15) is 56.6 Å². The molecule has 4 nitrogen and oxygen atoms in total. The van der Waals surface area contributed by atoms with Crippen molar-refractivity contribution in [1.29, 1.82) is 0 Å². The van der Waals surface area contributed by atoms with E-state index in [1.807, 2.05) is 0 Å². The minimum atomic E-state index is -0.681. The maximum Gasteiger partial charge on any atom is 0.306 e. The molecule has 1 aliphatic heterocycles. The summed E-state index contributed by atoms with van der Waals surface area (Å²) in [4.78, 5) is 11.0. The van der Waals surface area contributed by atoms with Gasteiger partial charge in [0, 0.05) is 19.2 Å². The molecular formula is C19H27NO3. The number of carboxylic acid groups (broad SMARTS) is 1. The van der Waals surface area contributed by atoms with Gasteiger partial charge in [-0.25, -0.2) is 0 Å². The zero-order valence-electron chi connectivity index (χ0n) is 14.0. The van der Waals surface area contributed by atoms with Gasteiger partial charge in [0.2, 0.25) is 0 Å². The van der Waals surface area contributed by atoms with Gasteiger partial charge in [-0.3, -0.25) is 4.79 Å². The van der Waals surface area contributed by atoms with Crippen molar-refractivity contribution in [1.82, 2.24) is 5.32 Å². The number of nitrogens with one attached hydrogen (secondary N) is 1. The summed E-state index contributed by atoms with van der Waals surface area (Å²) < 4.78 is 5.91. The van der Waals surface area contributed by atoms with Crippen LogP contribution in [0.2, 0.25) is 0 Å². The fraction of sp³-hybridized carbons (Fsp3) is 0.632. The van der Waals surface area contributed by atoms with Crippen LogP contribution in [0.25, 0.3) is 0 Å². The number of carbonyl (C=O) groups is 1. The van der Waals surface area contributed by atoms with Crippen LogP contribution in [0.15, 0.2) is 24.3 Å². The molecule has 1 atom stereocenters. The van der Waals surface area contributed by atoms with Crippen molar-refractivity contribution in [3.8, 4) is 0 Å².